The summed E-state index contributed by atoms with van der Waals surface area (Å²) < 4.78 is 16.4. The van der Waals surface area contributed by atoms with Crippen molar-refractivity contribution in [2.45, 2.75) is 0 Å². The quantitative estimate of drug-likeness (QED) is 0.617. The topological polar surface area (TPSA) is 83.8 Å². The van der Waals surface area contributed by atoms with Crippen LogP contribution >= 0.6 is 23.4 Å². The van der Waals surface area contributed by atoms with Crippen molar-refractivity contribution in [3.05, 3.63) is 51.9 Å². The molecule has 3 aliphatic rings. The van der Waals surface area contributed by atoms with Gasteiger partial charge in [0, 0.05) is 28.6 Å². The molecule has 0 aliphatic carbocycles. The van der Waals surface area contributed by atoms with E-state index in [1.165, 1.54) is 20.3 Å². The smallest absolute Gasteiger partial charge is 0.251 e. The lowest BCUT2D eigenvalue weighted by molar-refractivity contribution is -0.114. The maximum atomic E-state index is 13.2. The third-order valence-electron chi connectivity index (χ3n) is 5.72. The summed E-state index contributed by atoms with van der Waals surface area (Å²) in [6.45, 7) is 2.32. The maximum Gasteiger partial charge on any atom is 0.251 e. The number of carbonyl (C=O) groups is 1. The summed E-state index contributed by atoms with van der Waals surface area (Å²) in [5.74, 6) is 0.829. The number of aliphatic imine (C=N–C) groups is 1. The van der Waals surface area contributed by atoms with Gasteiger partial charge in [-0.15, -0.1) is 0 Å². The molecule has 0 saturated carbocycles. The van der Waals surface area contributed by atoms with Crippen LogP contribution in [0.2, 0.25) is 5.02 Å². The van der Waals surface area contributed by atoms with Crippen LogP contribution in [0, 0.1) is 0 Å². The number of aromatic hydroxyl groups is 1. The zero-order valence-electron chi connectivity index (χ0n) is 18.6. The Morgan fingerprint density at radius 2 is 1.97 bits per heavy atom. The van der Waals surface area contributed by atoms with Crippen LogP contribution in [0.4, 0.5) is 5.69 Å². The third kappa shape index (κ3) is 3.95. The fourth-order valence-corrected chi connectivity index (χ4v) is 5.28. The van der Waals surface area contributed by atoms with E-state index in [2.05, 4.69) is 9.89 Å². The number of fused-ring (bicyclic) bond motifs is 2. The van der Waals surface area contributed by atoms with E-state index in [0.29, 0.717) is 35.2 Å². The molecular weight excluding hydrogens is 478 g/mol. The molecule has 8 nitrogen and oxygen atoms in total. The summed E-state index contributed by atoms with van der Waals surface area (Å²) in [6, 6.07) is 6.87. The Morgan fingerprint density at radius 3 is 2.71 bits per heavy atom. The molecule has 0 atom stereocenters. The monoisotopic (exact) mass is 499 g/mol. The van der Waals surface area contributed by atoms with Gasteiger partial charge in [0.15, 0.2) is 22.4 Å². The minimum atomic E-state index is -0.220. The van der Waals surface area contributed by atoms with Crippen LogP contribution in [-0.2, 0) is 4.79 Å². The lowest BCUT2D eigenvalue weighted by atomic mass is 10.1. The van der Waals surface area contributed by atoms with Gasteiger partial charge in [-0.2, -0.15) is 0 Å². The second kappa shape index (κ2) is 9.15. The number of amides is 1. The molecule has 0 saturated heterocycles. The first-order chi connectivity index (χ1) is 16.5. The van der Waals surface area contributed by atoms with E-state index >= 15 is 0 Å². The Kier molecular flexibility index (Phi) is 6.05. The van der Waals surface area contributed by atoms with Gasteiger partial charge in [0.05, 0.1) is 38.7 Å². The number of methoxy groups -OCH3 is 2. The summed E-state index contributed by atoms with van der Waals surface area (Å²) in [4.78, 5) is 21.5. The van der Waals surface area contributed by atoms with Crippen molar-refractivity contribution in [3.8, 4) is 23.0 Å². The van der Waals surface area contributed by atoms with Crippen LogP contribution in [0.25, 0.3) is 11.8 Å². The predicted octanol–water partition coefficient (Wildman–Crippen LogP) is 4.22. The number of benzene rings is 2. The Bertz CT molecular complexity index is 1230. The van der Waals surface area contributed by atoms with E-state index in [9.17, 15) is 9.90 Å². The van der Waals surface area contributed by atoms with E-state index in [4.69, 9.17) is 25.8 Å². The summed E-state index contributed by atoms with van der Waals surface area (Å²) in [5, 5.41) is 13.6. The highest BCUT2D eigenvalue weighted by atomic mass is 35.5. The van der Waals surface area contributed by atoms with Crippen molar-refractivity contribution in [3.63, 3.8) is 0 Å². The molecule has 0 unspecified atom stereocenters. The highest BCUT2D eigenvalue weighted by Crippen LogP contribution is 2.45. The molecule has 1 amide bonds. The molecule has 2 aromatic carbocycles. The van der Waals surface area contributed by atoms with E-state index in [1.54, 1.807) is 40.9 Å². The fourth-order valence-electron chi connectivity index (χ4n) is 4.11. The SMILES string of the molecule is COc1cc(C=CC(=O)N2CCOc3c(C4=CSC5=NCCN45)cc(Cl)cc32)cc(OC)c1O. The van der Waals surface area contributed by atoms with E-state index < -0.39 is 0 Å². The second-order valence-corrected chi connectivity index (χ2v) is 8.96. The fraction of sp³-hybridized carbons (Fsp3) is 0.250. The predicted molar refractivity (Wildman–Crippen MR) is 134 cm³/mol. The first kappa shape index (κ1) is 22.5. The molecule has 5 rings (SSSR count). The van der Waals surface area contributed by atoms with Gasteiger partial charge >= 0.3 is 0 Å². The number of thioether (sulfide) groups is 1. The number of hydrogen-bond acceptors (Lipinski definition) is 8. The number of ether oxygens (including phenoxy) is 3. The van der Waals surface area contributed by atoms with Crippen LogP contribution in [0.15, 0.2) is 40.7 Å². The molecule has 3 aliphatic heterocycles. The molecule has 0 aromatic heterocycles. The lowest BCUT2D eigenvalue weighted by Crippen LogP contribution is -2.37. The van der Waals surface area contributed by atoms with Gasteiger partial charge < -0.3 is 29.1 Å². The number of carbonyl (C=O) groups excluding carboxylic acids is 1. The number of amidine groups is 1. The molecule has 176 valence electrons. The number of phenols is 1. The number of rotatable bonds is 5. The van der Waals surface area contributed by atoms with Crippen LogP contribution in [0.1, 0.15) is 11.1 Å². The summed E-state index contributed by atoms with van der Waals surface area (Å²) in [6.07, 6.45) is 3.12. The lowest BCUT2D eigenvalue weighted by Gasteiger charge is -2.31. The molecule has 10 heteroatoms. The number of halogens is 1. The molecular formula is C24H22ClN3O5S. The minimum Gasteiger partial charge on any atom is -0.502 e. The summed E-state index contributed by atoms with van der Waals surface area (Å²) in [7, 11) is 2.91. The number of hydrogen-bond donors (Lipinski definition) is 1. The molecule has 2 aromatic rings. The first-order valence-corrected chi connectivity index (χ1v) is 11.9. The number of phenolic OH excluding ortho intramolecular Hbond substituents is 1. The number of nitrogens with zero attached hydrogens (tertiary/aromatic N) is 3. The van der Waals surface area contributed by atoms with Gasteiger partial charge in [0.1, 0.15) is 6.61 Å². The Morgan fingerprint density at radius 1 is 1.21 bits per heavy atom. The van der Waals surface area contributed by atoms with Gasteiger partial charge in [-0.3, -0.25) is 9.79 Å². The Labute approximate surface area is 206 Å². The second-order valence-electron chi connectivity index (χ2n) is 7.68. The van der Waals surface area contributed by atoms with E-state index in [0.717, 1.165) is 29.5 Å². The van der Waals surface area contributed by atoms with Crippen molar-refractivity contribution >= 4 is 51.9 Å². The van der Waals surface area contributed by atoms with Crippen LogP contribution in [-0.4, -0.2) is 61.5 Å². The first-order valence-electron chi connectivity index (χ1n) is 10.6. The average Bonchev–Trinajstić information content (AvgIpc) is 3.46. The average molecular weight is 500 g/mol. The van der Waals surface area contributed by atoms with Gasteiger partial charge in [-0.25, -0.2) is 0 Å². The van der Waals surface area contributed by atoms with Crippen molar-refractivity contribution in [2.75, 3.05) is 45.4 Å². The zero-order chi connectivity index (χ0) is 23.8. The number of anilines is 1. The van der Waals surface area contributed by atoms with Crippen LogP contribution < -0.4 is 19.1 Å². The molecule has 0 spiro atoms. The van der Waals surface area contributed by atoms with Crippen molar-refractivity contribution < 1.29 is 24.1 Å². The van der Waals surface area contributed by atoms with Gasteiger partial charge in [0.25, 0.3) is 5.91 Å². The van der Waals surface area contributed by atoms with Crippen molar-refractivity contribution in [1.82, 2.24) is 4.90 Å². The summed E-state index contributed by atoms with van der Waals surface area (Å²) in [5.41, 5.74) is 3.10. The molecule has 34 heavy (non-hydrogen) atoms. The normalized spacial score (nSPS) is 16.7. The minimum absolute atomic E-state index is 0.0941. The highest BCUT2D eigenvalue weighted by molar-refractivity contribution is 8.16. The van der Waals surface area contributed by atoms with Crippen molar-refractivity contribution in [1.29, 1.82) is 0 Å². The standard InChI is InChI=1S/C24H22ClN3O5S/c1-31-19-9-14(10-20(32-2)22(19)30)3-4-21(29)27-7-8-33-23-16(11-15(25)12-17(23)27)18-13-34-24-26-5-6-28(18)24/h3-4,9-13,30H,5-8H2,1-2H3. The van der Waals surface area contributed by atoms with Gasteiger partial charge in [-0.1, -0.05) is 23.4 Å². The molecule has 0 radical (unpaired) electrons. The van der Waals surface area contributed by atoms with Crippen LogP contribution in [0.3, 0.4) is 0 Å². The summed E-state index contributed by atoms with van der Waals surface area (Å²) >= 11 is 8.06. The van der Waals surface area contributed by atoms with Crippen LogP contribution in [0.5, 0.6) is 23.0 Å². The van der Waals surface area contributed by atoms with Gasteiger partial charge in [0.2, 0.25) is 5.75 Å². The molecule has 0 bridgehead atoms. The molecule has 3 heterocycles. The Balaban J connectivity index is 1.46. The van der Waals surface area contributed by atoms with Crippen molar-refractivity contribution in [2.24, 2.45) is 4.99 Å². The highest BCUT2D eigenvalue weighted by Gasteiger charge is 2.33. The Hall–Kier alpha value is -3.30. The van der Waals surface area contributed by atoms with E-state index in [-0.39, 0.29) is 23.2 Å². The van der Waals surface area contributed by atoms with E-state index in [1.807, 2.05) is 11.5 Å². The molecule has 0 fully saturated rings. The van der Waals surface area contributed by atoms with Gasteiger partial charge in [-0.05, 0) is 35.9 Å². The third-order valence-corrected chi connectivity index (χ3v) is 6.84. The maximum absolute atomic E-state index is 13.2. The largest absolute Gasteiger partial charge is 0.502 e. The molecule has 1 N–H and O–H groups in total. The zero-order valence-corrected chi connectivity index (χ0v) is 20.2.